The SMILES string of the molecule is CCOc1c(Cl)cc(C(=O)O[C@@H](C)C(=O)Nc2ccccc2C#N)cc1OC. The minimum atomic E-state index is -1.10. The van der Waals surface area contributed by atoms with Gasteiger partial charge in [-0.1, -0.05) is 23.7 Å². The lowest BCUT2D eigenvalue weighted by atomic mass is 10.2. The summed E-state index contributed by atoms with van der Waals surface area (Å²) in [6.45, 7) is 3.60. The number of anilines is 1. The van der Waals surface area contributed by atoms with Crippen molar-refractivity contribution < 1.29 is 23.8 Å². The monoisotopic (exact) mass is 402 g/mol. The molecule has 0 fully saturated rings. The van der Waals surface area contributed by atoms with Gasteiger partial charge in [-0.15, -0.1) is 0 Å². The van der Waals surface area contributed by atoms with Crippen LogP contribution in [0.2, 0.25) is 5.02 Å². The molecule has 2 aromatic carbocycles. The van der Waals surface area contributed by atoms with E-state index in [0.717, 1.165) is 0 Å². The van der Waals surface area contributed by atoms with Crippen LogP contribution < -0.4 is 14.8 Å². The predicted molar refractivity (Wildman–Crippen MR) is 104 cm³/mol. The van der Waals surface area contributed by atoms with Crippen LogP contribution in [0.3, 0.4) is 0 Å². The molecule has 1 amide bonds. The van der Waals surface area contributed by atoms with Gasteiger partial charge in [-0.25, -0.2) is 4.79 Å². The molecule has 0 saturated heterocycles. The highest BCUT2D eigenvalue weighted by Gasteiger charge is 2.22. The van der Waals surface area contributed by atoms with E-state index in [1.54, 1.807) is 31.2 Å². The molecule has 0 bridgehead atoms. The molecule has 0 heterocycles. The zero-order valence-corrected chi connectivity index (χ0v) is 16.4. The van der Waals surface area contributed by atoms with E-state index >= 15 is 0 Å². The largest absolute Gasteiger partial charge is 0.493 e. The van der Waals surface area contributed by atoms with E-state index in [4.69, 9.17) is 31.1 Å². The van der Waals surface area contributed by atoms with E-state index in [1.807, 2.05) is 6.07 Å². The lowest BCUT2D eigenvalue weighted by Crippen LogP contribution is -2.30. The molecule has 0 saturated carbocycles. The van der Waals surface area contributed by atoms with Gasteiger partial charge in [0.25, 0.3) is 5.91 Å². The Kier molecular flexibility index (Phi) is 7.24. The molecule has 0 aliphatic rings. The van der Waals surface area contributed by atoms with Gasteiger partial charge < -0.3 is 19.5 Å². The van der Waals surface area contributed by atoms with Crippen molar-refractivity contribution in [2.45, 2.75) is 20.0 Å². The van der Waals surface area contributed by atoms with Gasteiger partial charge in [0.1, 0.15) is 6.07 Å². The van der Waals surface area contributed by atoms with Gasteiger partial charge in [-0.3, -0.25) is 4.79 Å². The fourth-order valence-corrected chi connectivity index (χ4v) is 2.59. The first kappa shape index (κ1) is 21.1. The Labute approximate surface area is 167 Å². The summed E-state index contributed by atoms with van der Waals surface area (Å²) in [5.74, 6) is -0.719. The summed E-state index contributed by atoms with van der Waals surface area (Å²) in [6.07, 6.45) is -1.10. The molecular formula is C20H19ClN2O5. The third-order valence-electron chi connectivity index (χ3n) is 3.71. The smallest absolute Gasteiger partial charge is 0.339 e. The third-order valence-corrected chi connectivity index (χ3v) is 3.99. The van der Waals surface area contributed by atoms with Gasteiger partial charge in [0, 0.05) is 0 Å². The second kappa shape index (κ2) is 9.62. The summed E-state index contributed by atoms with van der Waals surface area (Å²) >= 11 is 6.15. The van der Waals surface area contributed by atoms with Crippen molar-refractivity contribution in [2.24, 2.45) is 0 Å². The van der Waals surface area contributed by atoms with E-state index in [1.165, 1.54) is 26.2 Å². The fraction of sp³-hybridized carbons (Fsp3) is 0.250. The van der Waals surface area contributed by atoms with E-state index in [0.29, 0.717) is 23.6 Å². The van der Waals surface area contributed by atoms with E-state index in [2.05, 4.69) is 5.32 Å². The first-order valence-electron chi connectivity index (χ1n) is 8.42. The van der Waals surface area contributed by atoms with Crippen LogP contribution in [0.25, 0.3) is 0 Å². The Hall–Kier alpha value is -3.24. The first-order valence-corrected chi connectivity index (χ1v) is 8.80. The number of rotatable bonds is 7. The van der Waals surface area contributed by atoms with Crippen LogP contribution in [-0.4, -0.2) is 31.7 Å². The van der Waals surface area contributed by atoms with Crippen LogP contribution in [0.5, 0.6) is 11.5 Å². The Morgan fingerprint density at radius 1 is 1.29 bits per heavy atom. The van der Waals surface area contributed by atoms with Crippen LogP contribution in [-0.2, 0) is 9.53 Å². The number of halogens is 1. The Morgan fingerprint density at radius 2 is 2.00 bits per heavy atom. The van der Waals surface area contributed by atoms with Crippen LogP contribution in [0, 0.1) is 11.3 Å². The van der Waals surface area contributed by atoms with Crippen molar-refractivity contribution in [2.75, 3.05) is 19.0 Å². The molecule has 1 N–H and O–H groups in total. The van der Waals surface area contributed by atoms with Crippen LogP contribution in [0.1, 0.15) is 29.8 Å². The molecule has 2 rings (SSSR count). The van der Waals surface area contributed by atoms with Gasteiger partial charge >= 0.3 is 5.97 Å². The Bertz CT molecular complexity index is 923. The Balaban J connectivity index is 2.12. The number of esters is 1. The highest BCUT2D eigenvalue weighted by atomic mass is 35.5. The second-order valence-corrected chi connectivity index (χ2v) is 6.02. The lowest BCUT2D eigenvalue weighted by Gasteiger charge is -2.16. The van der Waals surface area contributed by atoms with Crippen molar-refractivity contribution >= 4 is 29.2 Å². The summed E-state index contributed by atoms with van der Waals surface area (Å²) in [5, 5.41) is 11.8. The van der Waals surface area contributed by atoms with E-state index in [9.17, 15) is 9.59 Å². The van der Waals surface area contributed by atoms with Crippen molar-refractivity contribution in [1.29, 1.82) is 5.26 Å². The lowest BCUT2D eigenvalue weighted by molar-refractivity contribution is -0.123. The standard InChI is InChI=1S/C20H19ClN2O5/c1-4-27-18-15(21)9-14(10-17(18)26-3)20(25)28-12(2)19(24)23-16-8-6-5-7-13(16)11-22/h5-10,12H,4H2,1-3H3,(H,23,24)/t12-/m0/s1. The Morgan fingerprint density at radius 3 is 2.64 bits per heavy atom. The number of nitrogens with one attached hydrogen (secondary N) is 1. The zero-order valence-electron chi connectivity index (χ0n) is 15.6. The molecule has 28 heavy (non-hydrogen) atoms. The predicted octanol–water partition coefficient (Wildman–Crippen LogP) is 3.80. The number of ether oxygens (including phenoxy) is 3. The van der Waals surface area contributed by atoms with Crippen molar-refractivity contribution in [3.63, 3.8) is 0 Å². The molecule has 0 aliphatic heterocycles. The van der Waals surface area contributed by atoms with Gasteiger partial charge in [-0.05, 0) is 38.1 Å². The molecule has 0 aromatic heterocycles. The highest BCUT2D eigenvalue weighted by molar-refractivity contribution is 6.32. The summed E-state index contributed by atoms with van der Waals surface area (Å²) < 4.78 is 15.8. The van der Waals surface area contributed by atoms with Crippen LogP contribution in [0.4, 0.5) is 5.69 Å². The van der Waals surface area contributed by atoms with Gasteiger partial charge in [0.05, 0.1) is 35.6 Å². The number of benzene rings is 2. The van der Waals surface area contributed by atoms with Gasteiger partial charge in [0.15, 0.2) is 17.6 Å². The number of nitrogens with zero attached hydrogens (tertiary/aromatic N) is 1. The van der Waals surface area contributed by atoms with E-state index < -0.39 is 18.0 Å². The first-order chi connectivity index (χ1) is 13.4. The quantitative estimate of drug-likeness (QED) is 0.707. The molecule has 0 unspecified atom stereocenters. The molecule has 1 atom stereocenters. The van der Waals surface area contributed by atoms with Crippen LogP contribution >= 0.6 is 11.6 Å². The average Bonchev–Trinajstić information content (AvgIpc) is 2.69. The minimum Gasteiger partial charge on any atom is -0.493 e. The maximum atomic E-state index is 12.4. The number of hydrogen-bond donors (Lipinski definition) is 1. The molecular weight excluding hydrogens is 384 g/mol. The van der Waals surface area contributed by atoms with Crippen molar-refractivity contribution in [1.82, 2.24) is 0 Å². The molecule has 8 heteroatoms. The molecule has 7 nitrogen and oxygen atoms in total. The van der Waals surface area contributed by atoms with Crippen LogP contribution in [0.15, 0.2) is 36.4 Å². The summed E-state index contributed by atoms with van der Waals surface area (Å²) in [6, 6.07) is 11.3. The number of hydrogen-bond acceptors (Lipinski definition) is 6. The summed E-state index contributed by atoms with van der Waals surface area (Å²) in [5.41, 5.74) is 0.753. The maximum absolute atomic E-state index is 12.4. The molecule has 2 aromatic rings. The van der Waals surface area contributed by atoms with Crippen molar-refractivity contribution in [3.05, 3.63) is 52.5 Å². The molecule has 146 valence electrons. The summed E-state index contributed by atoms with van der Waals surface area (Å²) in [7, 11) is 1.42. The van der Waals surface area contributed by atoms with E-state index in [-0.39, 0.29) is 16.3 Å². The van der Waals surface area contributed by atoms with Gasteiger partial charge in [-0.2, -0.15) is 5.26 Å². The number of carbonyl (C=O) groups is 2. The topological polar surface area (TPSA) is 97.6 Å². The molecule has 0 aliphatic carbocycles. The molecule has 0 spiro atoms. The summed E-state index contributed by atoms with van der Waals surface area (Å²) in [4.78, 5) is 24.7. The average molecular weight is 403 g/mol. The number of para-hydroxylation sites is 1. The zero-order chi connectivity index (χ0) is 20.7. The fourth-order valence-electron chi connectivity index (χ4n) is 2.33. The van der Waals surface area contributed by atoms with Crippen molar-refractivity contribution in [3.8, 4) is 17.6 Å². The third kappa shape index (κ3) is 4.93. The molecule has 0 radical (unpaired) electrons. The number of amides is 1. The normalized spacial score (nSPS) is 11.1. The number of methoxy groups -OCH3 is 1. The number of nitriles is 1. The van der Waals surface area contributed by atoms with Gasteiger partial charge in [0.2, 0.25) is 0 Å². The second-order valence-electron chi connectivity index (χ2n) is 5.62. The maximum Gasteiger partial charge on any atom is 0.339 e. The minimum absolute atomic E-state index is 0.113. The highest BCUT2D eigenvalue weighted by Crippen LogP contribution is 2.36. The number of carbonyl (C=O) groups excluding carboxylic acids is 2.